The maximum absolute atomic E-state index is 12.3. The summed E-state index contributed by atoms with van der Waals surface area (Å²) in [6, 6.07) is 6.39. The molecule has 5 nitrogen and oxygen atoms in total. The Bertz CT molecular complexity index is 667. The van der Waals surface area contributed by atoms with Crippen LogP contribution in [-0.2, 0) is 4.79 Å². The van der Waals surface area contributed by atoms with Crippen molar-refractivity contribution in [2.24, 2.45) is 11.7 Å². The summed E-state index contributed by atoms with van der Waals surface area (Å²) in [5.74, 6) is 0.128. The molecule has 0 radical (unpaired) electrons. The predicted octanol–water partition coefficient (Wildman–Crippen LogP) is 3.10. The number of nitrogens with zero attached hydrogens (tertiary/aromatic N) is 2. The van der Waals surface area contributed by atoms with Crippen LogP contribution >= 0.6 is 12.4 Å². The Labute approximate surface area is 136 Å². The highest BCUT2D eigenvalue weighted by molar-refractivity contribution is 5.95. The molecule has 1 aromatic carbocycles. The largest absolute Gasteiger partial charge is 0.328 e. The normalized spacial score (nSPS) is 21.1. The summed E-state index contributed by atoms with van der Waals surface area (Å²) in [5, 5.41) is 8.49. The highest BCUT2D eigenvalue weighted by Crippen LogP contribution is 2.27. The first-order chi connectivity index (χ1) is 10.0. The fraction of sp³-hybridized carbons (Fsp3) is 0.500. The van der Waals surface area contributed by atoms with E-state index < -0.39 is 0 Å². The number of nitrogens with one attached hydrogen (secondary N) is 1. The van der Waals surface area contributed by atoms with Gasteiger partial charge in [-0.1, -0.05) is 0 Å². The van der Waals surface area contributed by atoms with Gasteiger partial charge in [-0.2, -0.15) is 5.10 Å². The van der Waals surface area contributed by atoms with Crippen LogP contribution in [0.4, 0.5) is 5.69 Å². The second-order valence-electron chi connectivity index (χ2n) is 6.22. The van der Waals surface area contributed by atoms with Gasteiger partial charge in [0.2, 0.25) is 5.91 Å². The number of hydrogen-bond acceptors (Lipinski definition) is 3. The number of aromatic nitrogens is 2. The molecule has 3 rings (SSSR count). The van der Waals surface area contributed by atoms with E-state index in [2.05, 4.69) is 24.3 Å². The summed E-state index contributed by atoms with van der Waals surface area (Å²) in [6.07, 6.45) is 4.48. The van der Waals surface area contributed by atoms with Gasteiger partial charge in [0, 0.05) is 29.1 Å². The van der Waals surface area contributed by atoms with Crippen LogP contribution in [0.15, 0.2) is 24.4 Å². The number of carbonyl (C=O) groups excluding carboxylic acids is 1. The summed E-state index contributed by atoms with van der Waals surface area (Å²) < 4.78 is 1.97. The molecular weight excluding hydrogens is 300 g/mol. The first-order valence-electron chi connectivity index (χ1n) is 7.58. The summed E-state index contributed by atoms with van der Waals surface area (Å²) >= 11 is 0. The number of rotatable bonds is 3. The fourth-order valence-corrected chi connectivity index (χ4v) is 3.03. The second kappa shape index (κ2) is 6.67. The molecule has 1 heterocycles. The lowest BCUT2D eigenvalue weighted by atomic mass is 10.1. The Hall–Kier alpha value is -1.59. The molecule has 3 N–H and O–H groups in total. The van der Waals surface area contributed by atoms with Gasteiger partial charge in [0.05, 0.1) is 11.7 Å². The van der Waals surface area contributed by atoms with Crippen LogP contribution in [-0.4, -0.2) is 21.7 Å². The zero-order valence-electron chi connectivity index (χ0n) is 13.0. The van der Waals surface area contributed by atoms with E-state index in [9.17, 15) is 4.79 Å². The number of hydrogen-bond donors (Lipinski definition) is 2. The smallest absolute Gasteiger partial charge is 0.227 e. The number of carbonyl (C=O) groups is 1. The lowest BCUT2D eigenvalue weighted by Crippen LogP contribution is -2.23. The van der Waals surface area contributed by atoms with Crippen LogP contribution in [0.5, 0.6) is 0 Å². The van der Waals surface area contributed by atoms with Crippen molar-refractivity contribution in [1.82, 2.24) is 9.78 Å². The molecule has 2 atom stereocenters. The maximum atomic E-state index is 12.3. The topological polar surface area (TPSA) is 72.9 Å². The van der Waals surface area contributed by atoms with Crippen molar-refractivity contribution in [3.63, 3.8) is 0 Å². The van der Waals surface area contributed by atoms with Crippen molar-refractivity contribution in [1.29, 1.82) is 0 Å². The van der Waals surface area contributed by atoms with Crippen molar-refractivity contribution < 1.29 is 4.79 Å². The summed E-state index contributed by atoms with van der Waals surface area (Å²) in [6.45, 7) is 4.19. The van der Waals surface area contributed by atoms with Gasteiger partial charge in [-0.25, -0.2) is 0 Å². The van der Waals surface area contributed by atoms with E-state index in [0.717, 1.165) is 35.9 Å². The van der Waals surface area contributed by atoms with Crippen LogP contribution in [0.3, 0.4) is 0 Å². The van der Waals surface area contributed by atoms with Gasteiger partial charge in [-0.15, -0.1) is 12.4 Å². The van der Waals surface area contributed by atoms with Crippen LogP contribution < -0.4 is 11.1 Å². The number of fused-ring (bicyclic) bond motifs is 1. The molecule has 0 bridgehead atoms. The van der Waals surface area contributed by atoms with Crippen LogP contribution in [0.1, 0.15) is 39.2 Å². The van der Waals surface area contributed by atoms with Gasteiger partial charge in [0.1, 0.15) is 0 Å². The molecule has 0 saturated heterocycles. The SMILES string of the molecule is CC(C)n1ncc2ccc(NC(=O)C3CCC(N)C3)cc21.Cl. The molecule has 120 valence electrons. The van der Waals surface area contributed by atoms with Gasteiger partial charge in [0.15, 0.2) is 0 Å². The predicted molar refractivity (Wildman–Crippen MR) is 91.3 cm³/mol. The average Bonchev–Trinajstić information content (AvgIpc) is 3.04. The first kappa shape index (κ1) is 16.8. The number of benzene rings is 1. The van der Waals surface area contributed by atoms with Crippen LogP contribution in [0.2, 0.25) is 0 Å². The Morgan fingerprint density at radius 3 is 2.82 bits per heavy atom. The van der Waals surface area contributed by atoms with Gasteiger partial charge in [-0.05, 0) is 51.3 Å². The first-order valence-corrected chi connectivity index (χ1v) is 7.58. The molecule has 6 heteroatoms. The van der Waals surface area contributed by atoms with E-state index in [1.807, 2.05) is 29.1 Å². The van der Waals surface area contributed by atoms with E-state index in [1.54, 1.807) is 0 Å². The van der Waals surface area contributed by atoms with Crippen molar-refractivity contribution in [2.75, 3.05) is 5.32 Å². The number of halogens is 1. The molecule has 2 unspecified atom stereocenters. The Morgan fingerprint density at radius 2 is 2.18 bits per heavy atom. The third-order valence-corrected chi connectivity index (χ3v) is 4.20. The highest BCUT2D eigenvalue weighted by Gasteiger charge is 2.27. The molecule has 1 aliphatic carbocycles. The zero-order chi connectivity index (χ0) is 15.0. The zero-order valence-corrected chi connectivity index (χ0v) is 13.8. The Morgan fingerprint density at radius 1 is 1.41 bits per heavy atom. The van der Waals surface area contributed by atoms with Crippen molar-refractivity contribution in [3.8, 4) is 0 Å². The number of anilines is 1. The van der Waals surface area contributed by atoms with Crippen molar-refractivity contribution in [2.45, 2.75) is 45.2 Å². The van der Waals surface area contributed by atoms with Crippen molar-refractivity contribution in [3.05, 3.63) is 24.4 Å². The molecule has 1 saturated carbocycles. The van der Waals surface area contributed by atoms with E-state index >= 15 is 0 Å². The van der Waals surface area contributed by atoms with Gasteiger partial charge in [-0.3, -0.25) is 9.48 Å². The lowest BCUT2D eigenvalue weighted by molar-refractivity contribution is -0.119. The molecule has 1 fully saturated rings. The van der Waals surface area contributed by atoms with Gasteiger partial charge in [0.25, 0.3) is 0 Å². The molecule has 1 aliphatic rings. The van der Waals surface area contributed by atoms with E-state index in [0.29, 0.717) is 6.04 Å². The molecule has 0 aliphatic heterocycles. The van der Waals surface area contributed by atoms with Gasteiger partial charge < -0.3 is 11.1 Å². The quantitative estimate of drug-likeness (QED) is 0.912. The van der Waals surface area contributed by atoms with E-state index in [1.165, 1.54) is 0 Å². The van der Waals surface area contributed by atoms with E-state index in [-0.39, 0.29) is 30.3 Å². The Kier molecular flexibility index (Phi) is 5.08. The molecule has 0 spiro atoms. The maximum Gasteiger partial charge on any atom is 0.227 e. The lowest BCUT2D eigenvalue weighted by Gasteiger charge is -2.12. The van der Waals surface area contributed by atoms with Gasteiger partial charge >= 0.3 is 0 Å². The average molecular weight is 323 g/mol. The summed E-state index contributed by atoms with van der Waals surface area (Å²) in [7, 11) is 0. The minimum atomic E-state index is 0. The highest BCUT2D eigenvalue weighted by atomic mass is 35.5. The Balaban J connectivity index is 0.00000176. The minimum absolute atomic E-state index is 0. The van der Waals surface area contributed by atoms with E-state index in [4.69, 9.17) is 5.73 Å². The van der Waals surface area contributed by atoms with Crippen LogP contribution in [0.25, 0.3) is 10.9 Å². The molecule has 22 heavy (non-hydrogen) atoms. The summed E-state index contributed by atoms with van der Waals surface area (Å²) in [4.78, 5) is 12.3. The number of nitrogens with two attached hydrogens (primary N) is 1. The summed E-state index contributed by atoms with van der Waals surface area (Å²) in [5.41, 5.74) is 7.75. The standard InChI is InChI=1S/C16H22N4O.ClH/c1-10(2)20-15-8-14(6-4-12(15)9-18-20)19-16(21)11-3-5-13(17)7-11;/h4,6,8-11,13H,3,5,7,17H2,1-2H3,(H,19,21);1H. The molecule has 2 aromatic rings. The monoisotopic (exact) mass is 322 g/mol. The molecule has 1 amide bonds. The third kappa shape index (κ3) is 3.25. The van der Waals surface area contributed by atoms with Crippen molar-refractivity contribution >= 4 is 34.9 Å². The molecule has 1 aromatic heterocycles. The van der Waals surface area contributed by atoms with Crippen LogP contribution in [0, 0.1) is 5.92 Å². The minimum Gasteiger partial charge on any atom is -0.328 e. The third-order valence-electron chi connectivity index (χ3n) is 4.20. The second-order valence-corrected chi connectivity index (χ2v) is 6.22. The fourth-order valence-electron chi connectivity index (χ4n) is 3.03. The molecular formula is C16H23ClN4O. The number of amides is 1.